The molecule has 4 rings (SSSR count). The predicted octanol–water partition coefficient (Wildman–Crippen LogP) is 3.62. The largest absolute Gasteiger partial charge is 0.345 e. The fourth-order valence-corrected chi connectivity index (χ4v) is 4.51. The average Bonchev–Trinajstić information content (AvgIpc) is 3.35. The Morgan fingerprint density at radius 1 is 1.22 bits per heavy atom. The van der Waals surface area contributed by atoms with E-state index < -0.39 is 38.7 Å². The molecule has 3 aromatic heterocycles. The van der Waals surface area contributed by atoms with E-state index in [1.165, 1.54) is 6.20 Å². The van der Waals surface area contributed by atoms with Crippen LogP contribution in [0.15, 0.2) is 43.0 Å². The first-order chi connectivity index (χ1) is 15.2. The van der Waals surface area contributed by atoms with Crippen molar-refractivity contribution in [3.63, 3.8) is 0 Å². The van der Waals surface area contributed by atoms with E-state index in [-0.39, 0.29) is 11.3 Å². The molecule has 0 saturated heterocycles. The van der Waals surface area contributed by atoms with E-state index in [0.717, 1.165) is 17.7 Å². The monoisotopic (exact) mass is 459 g/mol. The molecule has 0 radical (unpaired) electrons. The number of aromatic amines is 1. The summed E-state index contributed by atoms with van der Waals surface area (Å²) in [5.74, 6) is -3.55. The van der Waals surface area contributed by atoms with Crippen molar-refractivity contribution in [1.82, 2.24) is 19.7 Å². The normalized spacial score (nSPS) is 11.8. The molecule has 0 unspecified atom stereocenters. The lowest BCUT2D eigenvalue weighted by Gasteiger charge is -2.11. The van der Waals surface area contributed by atoms with Crippen LogP contribution in [0.4, 0.5) is 14.5 Å². The third-order valence-corrected chi connectivity index (χ3v) is 6.35. The first-order valence-electron chi connectivity index (χ1n) is 9.69. The summed E-state index contributed by atoms with van der Waals surface area (Å²) in [4.78, 5) is 20.2. The summed E-state index contributed by atoms with van der Waals surface area (Å²) in [5.41, 5.74) is 0.449. The fourth-order valence-electron chi connectivity index (χ4n) is 3.38. The number of pyridine rings is 1. The van der Waals surface area contributed by atoms with Crippen LogP contribution in [0, 0.1) is 11.6 Å². The highest BCUT2D eigenvalue weighted by molar-refractivity contribution is 7.92. The van der Waals surface area contributed by atoms with Gasteiger partial charge in [-0.1, -0.05) is 6.92 Å². The van der Waals surface area contributed by atoms with E-state index in [4.69, 9.17) is 0 Å². The van der Waals surface area contributed by atoms with E-state index in [1.54, 1.807) is 43.3 Å². The van der Waals surface area contributed by atoms with Crippen LogP contribution in [0.5, 0.6) is 0 Å². The lowest BCUT2D eigenvalue weighted by Crippen LogP contribution is -2.18. The predicted molar refractivity (Wildman–Crippen MR) is 116 cm³/mol. The Bertz CT molecular complexity index is 1440. The lowest BCUT2D eigenvalue weighted by atomic mass is 10.0. The van der Waals surface area contributed by atoms with Gasteiger partial charge in [0.1, 0.15) is 11.5 Å². The van der Waals surface area contributed by atoms with Crippen molar-refractivity contribution in [3.8, 4) is 11.1 Å². The van der Waals surface area contributed by atoms with Crippen LogP contribution in [0.2, 0.25) is 0 Å². The van der Waals surface area contributed by atoms with E-state index in [1.807, 2.05) is 0 Å². The van der Waals surface area contributed by atoms with Gasteiger partial charge in [0.2, 0.25) is 15.8 Å². The minimum Gasteiger partial charge on any atom is -0.345 e. The number of carbonyl (C=O) groups is 1. The first-order valence-corrected chi connectivity index (χ1v) is 11.3. The standard InChI is InChI=1S/C21H19F2N5O3S/c1-3-6-32(30,31)27-17-5-4-16(22)18(19(17)23)20(29)15-10-25-21-14(15)7-12(8-24-21)13-9-26-28(2)11-13/h4-5,7-11,27H,3,6H2,1-2H3,(H,24,25). The van der Waals surface area contributed by atoms with E-state index in [9.17, 15) is 17.6 Å². The van der Waals surface area contributed by atoms with Crippen LogP contribution in [0.3, 0.4) is 0 Å². The molecule has 0 aliphatic carbocycles. The Kier molecular flexibility index (Phi) is 5.51. The molecule has 0 aliphatic heterocycles. The molecule has 11 heteroatoms. The Hall–Kier alpha value is -3.60. The second-order valence-electron chi connectivity index (χ2n) is 7.26. The minimum atomic E-state index is -3.83. The topological polar surface area (TPSA) is 110 Å². The Balaban J connectivity index is 1.78. The van der Waals surface area contributed by atoms with E-state index in [0.29, 0.717) is 23.0 Å². The molecule has 166 valence electrons. The van der Waals surface area contributed by atoms with Gasteiger partial charge in [-0.25, -0.2) is 22.2 Å². The van der Waals surface area contributed by atoms with Crippen LogP contribution in [0.25, 0.3) is 22.2 Å². The number of fused-ring (bicyclic) bond motifs is 1. The highest BCUT2D eigenvalue weighted by Crippen LogP contribution is 2.29. The van der Waals surface area contributed by atoms with Crippen LogP contribution >= 0.6 is 0 Å². The maximum absolute atomic E-state index is 15.1. The molecule has 3 heterocycles. The number of ketones is 1. The highest BCUT2D eigenvalue weighted by Gasteiger charge is 2.26. The van der Waals surface area contributed by atoms with Crippen molar-refractivity contribution in [2.45, 2.75) is 13.3 Å². The minimum absolute atomic E-state index is 0.00426. The second kappa shape index (κ2) is 8.15. The molecule has 0 saturated carbocycles. The zero-order valence-electron chi connectivity index (χ0n) is 17.2. The number of rotatable bonds is 7. The Labute approximate surface area is 182 Å². The number of aryl methyl sites for hydroxylation is 1. The molecule has 0 amide bonds. The van der Waals surface area contributed by atoms with Crippen molar-refractivity contribution < 1.29 is 22.0 Å². The number of benzene rings is 1. The summed E-state index contributed by atoms with van der Waals surface area (Å²) in [6.07, 6.45) is 6.62. The summed E-state index contributed by atoms with van der Waals surface area (Å²) in [6.45, 7) is 1.65. The molecule has 8 nitrogen and oxygen atoms in total. The molecule has 4 aromatic rings. The van der Waals surface area contributed by atoms with E-state index >= 15 is 4.39 Å². The van der Waals surface area contributed by atoms with Crippen molar-refractivity contribution in [2.24, 2.45) is 7.05 Å². The maximum Gasteiger partial charge on any atom is 0.232 e. The van der Waals surface area contributed by atoms with Crippen LogP contribution in [0.1, 0.15) is 29.3 Å². The summed E-state index contributed by atoms with van der Waals surface area (Å²) in [6, 6.07) is 3.48. The molecular formula is C21H19F2N5O3S. The number of aromatic nitrogens is 4. The second-order valence-corrected chi connectivity index (χ2v) is 9.10. The third-order valence-electron chi connectivity index (χ3n) is 4.87. The van der Waals surface area contributed by atoms with Crippen molar-refractivity contribution >= 4 is 32.5 Å². The number of anilines is 1. The first kappa shape index (κ1) is 21.6. The van der Waals surface area contributed by atoms with Crippen LogP contribution in [-0.2, 0) is 17.1 Å². The fraction of sp³-hybridized carbons (Fsp3) is 0.190. The average molecular weight is 459 g/mol. The zero-order valence-corrected chi connectivity index (χ0v) is 18.0. The van der Waals surface area contributed by atoms with Gasteiger partial charge >= 0.3 is 0 Å². The molecule has 0 bridgehead atoms. The molecule has 0 atom stereocenters. The van der Waals surface area contributed by atoms with Gasteiger partial charge in [-0.2, -0.15) is 5.10 Å². The van der Waals surface area contributed by atoms with Gasteiger partial charge in [0.25, 0.3) is 0 Å². The quantitative estimate of drug-likeness (QED) is 0.410. The van der Waals surface area contributed by atoms with Gasteiger partial charge in [0, 0.05) is 47.7 Å². The number of nitrogens with one attached hydrogen (secondary N) is 2. The number of halogens is 2. The number of sulfonamides is 1. The third kappa shape index (κ3) is 3.98. The van der Waals surface area contributed by atoms with Gasteiger partial charge < -0.3 is 4.98 Å². The molecule has 1 aromatic carbocycles. The molecule has 0 fully saturated rings. The van der Waals surface area contributed by atoms with Gasteiger partial charge in [0.05, 0.1) is 23.2 Å². The molecule has 2 N–H and O–H groups in total. The SMILES string of the molecule is CCCS(=O)(=O)Nc1ccc(F)c(C(=O)c2c[nH]c3ncc(-c4cnn(C)c4)cc23)c1F. The van der Waals surface area contributed by atoms with Crippen molar-refractivity contribution in [1.29, 1.82) is 0 Å². The number of carbonyl (C=O) groups excluding carboxylic acids is 1. The van der Waals surface area contributed by atoms with Gasteiger partial charge in [0.15, 0.2) is 5.82 Å². The summed E-state index contributed by atoms with van der Waals surface area (Å²) in [5, 5.41) is 4.47. The lowest BCUT2D eigenvalue weighted by molar-refractivity contribution is 0.103. The summed E-state index contributed by atoms with van der Waals surface area (Å²) < 4.78 is 57.3. The number of hydrogen-bond donors (Lipinski definition) is 2. The Morgan fingerprint density at radius 2 is 2.00 bits per heavy atom. The van der Waals surface area contributed by atoms with Gasteiger partial charge in [-0.05, 0) is 24.6 Å². The van der Waals surface area contributed by atoms with Gasteiger partial charge in [-0.15, -0.1) is 0 Å². The van der Waals surface area contributed by atoms with Crippen molar-refractivity contribution in [2.75, 3.05) is 10.5 Å². The molecule has 32 heavy (non-hydrogen) atoms. The molecule has 0 aliphatic rings. The Morgan fingerprint density at radius 3 is 2.69 bits per heavy atom. The van der Waals surface area contributed by atoms with Crippen LogP contribution < -0.4 is 4.72 Å². The van der Waals surface area contributed by atoms with Crippen molar-refractivity contribution in [3.05, 3.63) is 65.7 Å². The number of hydrogen-bond acceptors (Lipinski definition) is 5. The summed E-state index contributed by atoms with van der Waals surface area (Å²) >= 11 is 0. The maximum atomic E-state index is 15.1. The van der Waals surface area contributed by atoms with Crippen LogP contribution in [-0.4, -0.2) is 39.7 Å². The number of nitrogens with zero attached hydrogens (tertiary/aromatic N) is 3. The smallest absolute Gasteiger partial charge is 0.232 e. The van der Waals surface area contributed by atoms with Gasteiger partial charge in [-0.3, -0.25) is 14.2 Å². The highest BCUT2D eigenvalue weighted by atomic mass is 32.2. The molecule has 0 spiro atoms. The van der Waals surface area contributed by atoms with E-state index in [2.05, 4.69) is 19.8 Å². The summed E-state index contributed by atoms with van der Waals surface area (Å²) in [7, 11) is -2.08. The molecular weight excluding hydrogens is 440 g/mol. The number of H-pyrrole nitrogens is 1. The zero-order chi connectivity index (χ0) is 23.0.